The fraction of sp³-hybridized carbons (Fsp3) is 0.300. The molecule has 0 aliphatic heterocycles. The van der Waals surface area contributed by atoms with Gasteiger partial charge < -0.3 is 10.4 Å². The number of aliphatic carboxylic acids is 1. The van der Waals surface area contributed by atoms with Crippen molar-refractivity contribution in [2.75, 3.05) is 6.54 Å². The van der Waals surface area contributed by atoms with Crippen molar-refractivity contribution in [2.24, 2.45) is 5.41 Å². The fourth-order valence-corrected chi connectivity index (χ4v) is 2.49. The maximum atomic E-state index is 12.7. The molecule has 0 aliphatic carbocycles. The number of carboxylic acid groups (broad SMARTS) is 1. The molecule has 0 unspecified atom stereocenters. The minimum absolute atomic E-state index is 0.117. The molecule has 24 heavy (non-hydrogen) atoms. The second-order valence-corrected chi connectivity index (χ2v) is 6.48. The Morgan fingerprint density at radius 1 is 0.958 bits per heavy atom. The van der Waals surface area contributed by atoms with E-state index in [1.54, 1.807) is 13.8 Å². The van der Waals surface area contributed by atoms with Gasteiger partial charge in [0.15, 0.2) is 0 Å². The molecular weight excluding hydrogens is 302 g/mol. The fourth-order valence-electron chi connectivity index (χ4n) is 2.49. The minimum atomic E-state index is -0.862. The molecule has 126 valence electrons. The van der Waals surface area contributed by atoms with Gasteiger partial charge >= 0.3 is 5.97 Å². The van der Waals surface area contributed by atoms with E-state index in [9.17, 15) is 9.59 Å². The van der Waals surface area contributed by atoms with Crippen LogP contribution < -0.4 is 5.32 Å². The Bertz CT molecular complexity index is 641. The lowest BCUT2D eigenvalue weighted by atomic mass is 9.88. The monoisotopic (exact) mass is 325 g/mol. The maximum absolute atomic E-state index is 12.7. The van der Waals surface area contributed by atoms with Crippen molar-refractivity contribution in [1.29, 1.82) is 0 Å². The predicted octanol–water partition coefficient (Wildman–Crippen LogP) is 3.44. The van der Waals surface area contributed by atoms with E-state index in [1.807, 2.05) is 60.7 Å². The predicted molar refractivity (Wildman–Crippen MR) is 93.8 cm³/mol. The first-order valence-electron chi connectivity index (χ1n) is 8.03. The Hall–Kier alpha value is -2.62. The molecule has 0 bridgehead atoms. The van der Waals surface area contributed by atoms with E-state index in [2.05, 4.69) is 5.32 Å². The zero-order chi connectivity index (χ0) is 17.6. The highest BCUT2D eigenvalue weighted by molar-refractivity contribution is 5.87. The molecule has 2 rings (SSSR count). The number of rotatable bonds is 7. The molecule has 0 atom stereocenters. The largest absolute Gasteiger partial charge is 0.481 e. The number of nitrogens with one attached hydrogen (secondary N) is 1. The van der Waals surface area contributed by atoms with Crippen LogP contribution in [0.3, 0.4) is 0 Å². The number of hydrogen-bond acceptors (Lipinski definition) is 2. The molecular formula is C20H23NO3. The smallest absolute Gasteiger partial charge is 0.309 e. The summed E-state index contributed by atoms with van der Waals surface area (Å²) in [5.41, 5.74) is 0.972. The first-order chi connectivity index (χ1) is 11.4. The summed E-state index contributed by atoms with van der Waals surface area (Å²) in [4.78, 5) is 23.9. The molecule has 0 spiro atoms. The standard InChI is InChI=1S/C20H23NO3/c1-20(2,19(23)24)13-14-21-18(22)17(15-9-5-3-6-10-15)16-11-7-4-8-12-16/h3-12,17H,13-14H2,1-2H3,(H,21,22)(H,23,24). The van der Waals surface area contributed by atoms with Gasteiger partial charge in [-0.15, -0.1) is 0 Å². The van der Waals surface area contributed by atoms with Gasteiger partial charge in [0.05, 0.1) is 11.3 Å². The van der Waals surface area contributed by atoms with Gasteiger partial charge in [-0.2, -0.15) is 0 Å². The minimum Gasteiger partial charge on any atom is -0.481 e. The Balaban J connectivity index is 2.13. The number of benzene rings is 2. The maximum Gasteiger partial charge on any atom is 0.309 e. The highest BCUT2D eigenvalue weighted by Gasteiger charge is 2.28. The van der Waals surface area contributed by atoms with Crippen LogP contribution in [0.15, 0.2) is 60.7 Å². The number of carbonyl (C=O) groups excluding carboxylic acids is 1. The SMILES string of the molecule is CC(C)(CCNC(=O)C(c1ccccc1)c1ccccc1)C(=O)O. The molecule has 4 heteroatoms. The van der Waals surface area contributed by atoms with Crippen LogP contribution in [0.25, 0.3) is 0 Å². The summed E-state index contributed by atoms with van der Waals surface area (Å²) in [6.07, 6.45) is 0.379. The van der Waals surface area contributed by atoms with Gasteiger partial charge in [-0.25, -0.2) is 0 Å². The van der Waals surface area contributed by atoms with Crippen molar-refractivity contribution >= 4 is 11.9 Å². The second-order valence-electron chi connectivity index (χ2n) is 6.48. The van der Waals surface area contributed by atoms with Gasteiger partial charge in [-0.05, 0) is 31.4 Å². The van der Waals surface area contributed by atoms with Crippen molar-refractivity contribution in [3.05, 3.63) is 71.8 Å². The molecule has 0 fully saturated rings. The highest BCUT2D eigenvalue weighted by Crippen LogP contribution is 2.25. The quantitative estimate of drug-likeness (QED) is 0.819. The van der Waals surface area contributed by atoms with Crippen LogP contribution in [-0.4, -0.2) is 23.5 Å². The van der Waals surface area contributed by atoms with Crippen LogP contribution in [0.4, 0.5) is 0 Å². The summed E-state index contributed by atoms with van der Waals surface area (Å²) in [5, 5.41) is 12.0. The van der Waals surface area contributed by atoms with E-state index in [1.165, 1.54) is 0 Å². The van der Waals surface area contributed by atoms with Crippen LogP contribution in [-0.2, 0) is 9.59 Å². The molecule has 0 radical (unpaired) electrons. The second kappa shape index (κ2) is 7.77. The zero-order valence-corrected chi connectivity index (χ0v) is 14.0. The number of hydrogen-bond donors (Lipinski definition) is 2. The average Bonchev–Trinajstić information content (AvgIpc) is 2.57. The molecule has 0 aliphatic rings. The van der Waals surface area contributed by atoms with E-state index in [-0.39, 0.29) is 5.91 Å². The Morgan fingerprint density at radius 3 is 1.83 bits per heavy atom. The first-order valence-corrected chi connectivity index (χ1v) is 8.03. The molecule has 0 heterocycles. The van der Waals surface area contributed by atoms with Crippen molar-refractivity contribution in [3.63, 3.8) is 0 Å². The third-order valence-corrected chi connectivity index (χ3v) is 4.16. The van der Waals surface area contributed by atoms with E-state index < -0.39 is 17.3 Å². The van der Waals surface area contributed by atoms with Crippen LogP contribution in [0.2, 0.25) is 0 Å². The molecule has 2 aromatic carbocycles. The number of amides is 1. The lowest BCUT2D eigenvalue weighted by Crippen LogP contribution is -2.34. The van der Waals surface area contributed by atoms with Crippen molar-refractivity contribution in [3.8, 4) is 0 Å². The van der Waals surface area contributed by atoms with Crippen molar-refractivity contribution in [2.45, 2.75) is 26.2 Å². The average molecular weight is 325 g/mol. The lowest BCUT2D eigenvalue weighted by molar-refractivity contribution is -0.147. The molecule has 2 aromatic rings. The molecule has 1 amide bonds. The van der Waals surface area contributed by atoms with E-state index in [4.69, 9.17) is 5.11 Å². The molecule has 4 nitrogen and oxygen atoms in total. The summed E-state index contributed by atoms with van der Waals surface area (Å²) in [7, 11) is 0. The van der Waals surface area contributed by atoms with E-state index in [0.717, 1.165) is 11.1 Å². The Morgan fingerprint density at radius 2 is 1.42 bits per heavy atom. The van der Waals surface area contributed by atoms with E-state index >= 15 is 0 Å². The van der Waals surface area contributed by atoms with E-state index in [0.29, 0.717) is 13.0 Å². The molecule has 0 aromatic heterocycles. The zero-order valence-electron chi connectivity index (χ0n) is 14.0. The van der Waals surface area contributed by atoms with Crippen LogP contribution in [0.5, 0.6) is 0 Å². The topological polar surface area (TPSA) is 66.4 Å². The molecule has 0 saturated heterocycles. The van der Waals surface area contributed by atoms with Crippen LogP contribution >= 0.6 is 0 Å². The summed E-state index contributed by atoms with van der Waals surface area (Å²) >= 11 is 0. The van der Waals surface area contributed by atoms with Gasteiger partial charge in [0.2, 0.25) is 5.91 Å². The first kappa shape index (κ1) is 17.7. The van der Waals surface area contributed by atoms with Gasteiger partial charge in [-0.1, -0.05) is 60.7 Å². The number of carbonyl (C=O) groups is 2. The molecule has 2 N–H and O–H groups in total. The van der Waals surface area contributed by atoms with Gasteiger partial charge in [0.25, 0.3) is 0 Å². The van der Waals surface area contributed by atoms with Gasteiger partial charge in [0, 0.05) is 6.54 Å². The Kier molecular flexibility index (Phi) is 5.74. The summed E-state index contributed by atoms with van der Waals surface area (Å²) < 4.78 is 0. The lowest BCUT2D eigenvalue weighted by Gasteiger charge is -2.21. The summed E-state index contributed by atoms with van der Waals surface area (Å²) in [5.74, 6) is -1.38. The van der Waals surface area contributed by atoms with Gasteiger partial charge in [-0.3, -0.25) is 9.59 Å². The third kappa shape index (κ3) is 4.44. The summed E-state index contributed by atoms with van der Waals surface area (Å²) in [6, 6.07) is 19.2. The van der Waals surface area contributed by atoms with Crippen LogP contribution in [0.1, 0.15) is 37.3 Å². The van der Waals surface area contributed by atoms with Gasteiger partial charge in [0.1, 0.15) is 0 Å². The molecule has 0 saturated carbocycles. The van der Waals surface area contributed by atoms with Crippen molar-refractivity contribution in [1.82, 2.24) is 5.32 Å². The van der Waals surface area contributed by atoms with Crippen LogP contribution in [0, 0.1) is 5.41 Å². The third-order valence-electron chi connectivity index (χ3n) is 4.16. The normalized spacial score (nSPS) is 11.3. The number of carboxylic acids is 1. The Labute approximate surface area is 142 Å². The highest BCUT2D eigenvalue weighted by atomic mass is 16.4. The van der Waals surface area contributed by atoms with Crippen molar-refractivity contribution < 1.29 is 14.7 Å². The summed E-state index contributed by atoms with van der Waals surface area (Å²) in [6.45, 7) is 3.65.